The van der Waals surface area contributed by atoms with Crippen LogP contribution in [-0.4, -0.2) is 32.2 Å². The molecule has 0 aliphatic heterocycles. The molecular formula is C17H25ClIN3O. The summed E-state index contributed by atoms with van der Waals surface area (Å²) < 4.78 is 5.56. The minimum Gasteiger partial charge on any atom is -0.375 e. The summed E-state index contributed by atoms with van der Waals surface area (Å²) in [5.74, 6) is 0.834. The third kappa shape index (κ3) is 6.69. The Hall–Kier alpha value is -0.790. The molecule has 0 saturated heterocycles. The van der Waals surface area contributed by atoms with E-state index in [9.17, 15) is 0 Å². The molecule has 4 nitrogen and oxygen atoms in total. The Morgan fingerprint density at radius 2 is 2.13 bits per heavy atom. The van der Waals surface area contributed by atoms with Crippen molar-refractivity contribution in [1.82, 2.24) is 10.6 Å². The van der Waals surface area contributed by atoms with Crippen LogP contribution in [0.3, 0.4) is 0 Å². The predicted octanol–water partition coefficient (Wildman–Crippen LogP) is 3.92. The van der Waals surface area contributed by atoms with Crippen molar-refractivity contribution in [2.24, 2.45) is 4.99 Å². The predicted molar refractivity (Wildman–Crippen MR) is 108 cm³/mol. The first-order chi connectivity index (χ1) is 10.7. The molecule has 1 aliphatic rings. The molecule has 1 aliphatic carbocycles. The number of aliphatic imine (C=N–C) groups is 1. The van der Waals surface area contributed by atoms with E-state index in [2.05, 4.69) is 34.7 Å². The number of methoxy groups -OCH3 is 1. The van der Waals surface area contributed by atoms with Crippen molar-refractivity contribution in [3.05, 3.63) is 47.0 Å². The van der Waals surface area contributed by atoms with Gasteiger partial charge in [0.2, 0.25) is 0 Å². The number of rotatable bonds is 6. The van der Waals surface area contributed by atoms with E-state index >= 15 is 0 Å². The minimum atomic E-state index is -0.101. The van der Waals surface area contributed by atoms with Crippen LogP contribution in [0.15, 0.2) is 41.4 Å². The molecule has 128 valence electrons. The Kier molecular flexibility index (Phi) is 9.59. The third-order valence-electron chi connectivity index (χ3n) is 3.61. The van der Waals surface area contributed by atoms with E-state index in [0.29, 0.717) is 17.6 Å². The van der Waals surface area contributed by atoms with Crippen molar-refractivity contribution in [2.75, 3.05) is 20.2 Å². The molecule has 2 N–H and O–H groups in total. The molecule has 0 heterocycles. The normalized spacial score (nSPS) is 16.0. The van der Waals surface area contributed by atoms with Crippen LogP contribution < -0.4 is 10.6 Å². The molecule has 0 spiro atoms. The first kappa shape index (κ1) is 20.3. The van der Waals surface area contributed by atoms with Crippen molar-refractivity contribution in [1.29, 1.82) is 0 Å². The van der Waals surface area contributed by atoms with E-state index in [0.717, 1.165) is 30.9 Å². The van der Waals surface area contributed by atoms with E-state index in [1.165, 1.54) is 0 Å². The summed E-state index contributed by atoms with van der Waals surface area (Å²) in [6.07, 6.45) is 6.39. The maximum absolute atomic E-state index is 6.05. The summed E-state index contributed by atoms with van der Waals surface area (Å²) in [4.78, 5) is 4.65. The van der Waals surface area contributed by atoms with E-state index in [1.807, 2.05) is 24.3 Å². The molecule has 0 radical (unpaired) electrons. The van der Waals surface area contributed by atoms with Gasteiger partial charge >= 0.3 is 0 Å². The molecular weight excluding hydrogens is 425 g/mol. The summed E-state index contributed by atoms with van der Waals surface area (Å²) in [5.41, 5.74) is 1.04. The van der Waals surface area contributed by atoms with Gasteiger partial charge in [0.1, 0.15) is 6.10 Å². The van der Waals surface area contributed by atoms with Crippen LogP contribution in [0.4, 0.5) is 0 Å². The zero-order valence-corrected chi connectivity index (χ0v) is 16.7. The summed E-state index contributed by atoms with van der Waals surface area (Å²) in [5, 5.41) is 7.45. The van der Waals surface area contributed by atoms with Crippen LogP contribution in [0.5, 0.6) is 0 Å². The summed E-state index contributed by atoms with van der Waals surface area (Å²) in [6, 6.07) is 8.16. The van der Waals surface area contributed by atoms with Gasteiger partial charge in [0.05, 0.1) is 6.54 Å². The molecule has 2 rings (SSSR count). The largest absolute Gasteiger partial charge is 0.375 e. The van der Waals surface area contributed by atoms with E-state index in [1.54, 1.807) is 7.11 Å². The van der Waals surface area contributed by atoms with Gasteiger partial charge in [-0.15, -0.1) is 24.0 Å². The first-order valence-corrected chi connectivity index (χ1v) is 8.08. The Morgan fingerprint density at radius 1 is 1.39 bits per heavy atom. The van der Waals surface area contributed by atoms with Crippen LogP contribution in [0, 0.1) is 0 Å². The van der Waals surface area contributed by atoms with Crippen LogP contribution in [0.2, 0.25) is 5.02 Å². The Labute approximate surface area is 160 Å². The van der Waals surface area contributed by atoms with Gasteiger partial charge in [0.15, 0.2) is 5.96 Å². The van der Waals surface area contributed by atoms with Gasteiger partial charge in [0.25, 0.3) is 0 Å². The lowest BCUT2D eigenvalue weighted by atomic mass is 10.1. The van der Waals surface area contributed by atoms with Gasteiger partial charge in [-0.1, -0.05) is 35.9 Å². The Bertz CT molecular complexity index is 528. The molecule has 0 aromatic heterocycles. The zero-order valence-electron chi connectivity index (χ0n) is 13.6. The molecule has 1 unspecified atom stereocenters. The van der Waals surface area contributed by atoms with Crippen molar-refractivity contribution in [3.8, 4) is 0 Å². The molecule has 0 saturated carbocycles. The molecule has 6 heteroatoms. The summed E-state index contributed by atoms with van der Waals surface area (Å²) >= 11 is 6.05. The van der Waals surface area contributed by atoms with Gasteiger partial charge in [0, 0.05) is 24.7 Å². The highest BCUT2D eigenvalue weighted by Gasteiger charge is 2.14. The molecule has 0 bridgehead atoms. The highest BCUT2D eigenvalue weighted by atomic mass is 127. The van der Waals surface area contributed by atoms with Gasteiger partial charge in [-0.3, -0.25) is 4.99 Å². The topological polar surface area (TPSA) is 45.7 Å². The number of benzene rings is 1. The highest BCUT2D eigenvalue weighted by Crippen LogP contribution is 2.20. The van der Waals surface area contributed by atoms with Crippen molar-refractivity contribution in [2.45, 2.75) is 31.9 Å². The van der Waals surface area contributed by atoms with Gasteiger partial charge in [-0.2, -0.15) is 0 Å². The lowest BCUT2D eigenvalue weighted by Gasteiger charge is -2.19. The maximum atomic E-state index is 6.05. The molecule has 0 amide bonds. The number of hydrogen-bond donors (Lipinski definition) is 2. The van der Waals surface area contributed by atoms with Gasteiger partial charge in [-0.25, -0.2) is 0 Å². The minimum absolute atomic E-state index is 0. The van der Waals surface area contributed by atoms with Gasteiger partial charge in [-0.05, 0) is 37.5 Å². The first-order valence-electron chi connectivity index (χ1n) is 7.71. The fraction of sp³-hybridized carbons (Fsp3) is 0.471. The van der Waals surface area contributed by atoms with Gasteiger partial charge < -0.3 is 15.4 Å². The number of nitrogens with one attached hydrogen (secondary N) is 2. The number of nitrogens with zero attached hydrogens (tertiary/aromatic N) is 1. The van der Waals surface area contributed by atoms with E-state index < -0.39 is 0 Å². The van der Waals surface area contributed by atoms with Crippen LogP contribution in [-0.2, 0) is 4.74 Å². The fourth-order valence-corrected chi connectivity index (χ4v) is 2.64. The zero-order chi connectivity index (χ0) is 15.8. The fourth-order valence-electron chi connectivity index (χ4n) is 2.45. The average Bonchev–Trinajstić information content (AvgIpc) is 3.01. The Balaban J connectivity index is 0.00000264. The van der Waals surface area contributed by atoms with E-state index in [-0.39, 0.29) is 30.1 Å². The lowest BCUT2D eigenvalue weighted by Crippen LogP contribution is -2.42. The summed E-state index contributed by atoms with van der Waals surface area (Å²) in [7, 11) is 1.70. The molecule has 1 atom stereocenters. The highest BCUT2D eigenvalue weighted by molar-refractivity contribution is 14.0. The number of guanidine groups is 1. The van der Waals surface area contributed by atoms with Crippen LogP contribution in [0.25, 0.3) is 0 Å². The van der Waals surface area contributed by atoms with Crippen molar-refractivity contribution < 1.29 is 4.74 Å². The number of ether oxygens (including phenoxy) is 1. The molecule has 1 aromatic carbocycles. The van der Waals surface area contributed by atoms with Crippen LogP contribution >= 0.6 is 35.6 Å². The smallest absolute Gasteiger partial charge is 0.191 e. The third-order valence-corrected chi connectivity index (χ3v) is 3.85. The molecule has 0 fully saturated rings. The standard InChI is InChI=1S/C17H24ClN3O.HI/c1-3-19-17(21-15-9-4-5-10-15)20-12-16(22-2)13-7-6-8-14(18)11-13;/h4-8,11,15-16H,3,9-10,12H2,1-2H3,(H2,19,20,21);1H. The Morgan fingerprint density at radius 3 is 2.74 bits per heavy atom. The van der Waals surface area contributed by atoms with Crippen molar-refractivity contribution >= 4 is 41.5 Å². The average molecular weight is 450 g/mol. The number of halogens is 2. The second-order valence-electron chi connectivity index (χ2n) is 5.28. The molecule has 23 heavy (non-hydrogen) atoms. The maximum Gasteiger partial charge on any atom is 0.191 e. The lowest BCUT2D eigenvalue weighted by molar-refractivity contribution is 0.111. The van der Waals surface area contributed by atoms with Crippen molar-refractivity contribution in [3.63, 3.8) is 0 Å². The molecule has 1 aromatic rings. The quantitative estimate of drug-likeness (QED) is 0.299. The van der Waals surface area contributed by atoms with E-state index in [4.69, 9.17) is 16.3 Å². The number of hydrogen-bond acceptors (Lipinski definition) is 2. The summed E-state index contributed by atoms with van der Waals surface area (Å²) in [6.45, 7) is 3.45. The monoisotopic (exact) mass is 449 g/mol. The van der Waals surface area contributed by atoms with Crippen LogP contribution in [0.1, 0.15) is 31.4 Å². The second-order valence-corrected chi connectivity index (χ2v) is 5.72. The SMILES string of the molecule is CCNC(=NCC(OC)c1cccc(Cl)c1)NC1CC=CC1.I. The second kappa shape index (κ2) is 10.9.